The van der Waals surface area contributed by atoms with E-state index >= 15 is 0 Å². The number of rotatable bonds is 3. The van der Waals surface area contributed by atoms with Gasteiger partial charge in [-0.25, -0.2) is 8.42 Å². The van der Waals surface area contributed by atoms with Crippen molar-refractivity contribution < 1.29 is 8.42 Å². The maximum atomic E-state index is 12.3. The predicted octanol–water partition coefficient (Wildman–Crippen LogP) is 3.68. The van der Waals surface area contributed by atoms with Gasteiger partial charge in [-0.05, 0) is 48.9 Å². The Morgan fingerprint density at radius 3 is 2.40 bits per heavy atom. The fourth-order valence-electron chi connectivity index (χ4n) is 1.72. The second kappa shape index (κ2) is 5.52. The molecule has 0 fully saturated rings. The molecule has 2 aromatic carbocycles. The molecule has 0 atom stereocenters. The summed E-state index contributed by atoms with van der Waals surface area (Å²) < 4.78 is 27.1. The first-order chi connectivity index (χ1) is 9.29. The third kappa shape index (κ3) is 3.17. The Hall–Kier alpha value is -1.43. The van der Waals surface area contributed by atoms with Crippen molar-refractivity contribution in [2.75, 3.05) is 10.5 Å². The standard InChI is InChI=1S/C13H12Cl2N2O2S/c1-8-6-9(14)2-5-13(8)20(18,19)17-10-3-4-12(16)11(15)7-10/h2-7,17H,16H2,1H3. The average Bonchev–Trinajstić information content (AvgIpc) is 2.33. The van der Waals surface area contributed by atoms with Crippen molar-refractivity contribution in [1.82, 2.24) is 0 Å². The van der Waals surface area contributed by atoms with Crippen LogP contribution in [0.2, 0.25) is 10.0 Å². The van der Waals surface area contributed by atoms with Gasteiger partial charge in [-0.15, -0.1) is 0 Å². The highest BCUT2D eigenvalue weighted by Crippen LogP contribution is 2.26. The molecule has 0 saturated heterocycles. The summed E-state index contributed by atoms with van der Waals surface area (Å²) in [6.45, 7) is 1.68. The zero-order valence-electron chi connectivity index (χ0n) is 10.5. The van der Waals surface area contributed by atoms with Crippen LogP contribution in [0.3, 0.4) is 0 Å². The summed E-state index contributed by atoms with van der Waals surface area (Å²) in [5.74, 6) is 0. The number of sulfonamides is 1. The lowest BCUT2D eigenvalue weighted by Crippen LogP contribution is -2.14. The van der Waals surface area contributed by atoms with Gasteiger partial charge in [0, 0.05) is 5.02 Å². The van der Waals surface area contributed by atoms with Gasteiger partial charge in [0.2, 0.25) is 0 Å². The molecule has 7 heteroatoms. The monoisotopic (exact) mass is 330 g/mol. The Labute approximate surface area is 127 Å². The highest BCUT2D eigenvalue weighted by molar-refractivity contribution is 7.92. The van der Waals surface area contributed by atoms with Crippen LogP contribution in [0.25, 0.3) is 0 Å². The first kappa shape index (κ1) is 15.0. The third-order valence-corrected chi connectivity index (χ3v) is 4.78. The van der Waals surface area contributed by atoms with Gasteiger partial charge in [0.15, 0.2) is 0 Å². The van der Waals surface area contributed by atoms with E-state index in [9.17, 15) is 8.42 Å². The Bertz CT molecular complexity index is 761. The van der Waals surface area contributed by atoms with Gasteiger partial charge in [-0.3, -0.25) is 4.72 Å². The van der Waals surface area contributed by atoms with Crippen molar-refractivity contribution in [1.29, 1.82) is 0 Å². The molecule has 106 valence electrons. The minimum atomic E-state index is -3.70. The van der Waals surface area contributed by atoms with Crippen molar-refractivity contribution >= 4 is 44.6 Å². The fraction of sp³-hybridized carbons (Fsp3) is 0.0769. The summed E-state index contributed by atoms with van der Waals surface area (Å²) in [5.41, 5.74) is 6.87. The Morgan fingerprint density at radius 1 is 1.10 bits per heavy atom. The predicted molar refractivity (Wildman–Crippen MR) is 82.9 cm³/mol. The zero-order valence-corrected chi connectivity index (χ0v) is 12.9. The molecule has 0 unspecified atom stereocenters. The Balaban J connectivity index is 2.38. The molecule has 0 spiro atoms. The van der Waals surface area contributed by atoms with E-state index in [0.29, 0.717) is 22.0 Å². The summed E-state index contributed by atoms with van der Waals surface area (Å²) in [7, 11) is -3.70. The van der Waals surface area contributed by atoms with E-state index in [-0.39, 0.29) is 9.92 Å². The van der Waals surface area contributed by atoms with Gasteiger partial charge in [0.25, 0.3) is 10.0 Å². The van der Waals surface area contributed by atoms with E-state index in [1.807, 2.05) is 0 Å². The molecule has 0 radical (unpaired) electrons. The molecule has 2 aromatic rings. The summed E-state index contributed by atoms with van der Waals surface area (Å²) >= 11 is 11.7. The molecule has 0 heterocycles. The molecule has 0 aliphatic heterocycles. The summed E-state index contributed by atoms with van der Waals surface area (Å²) in [4.78, 5) is 0.162. The van der Waals surface area contributed by atoms with E-state index < -0.39 is 10.0 Å². The lowest BCUT2D eigenvalue weighted by molar-refractivity contribution is 0.600. The smallest absolute Gasteiger partial charge is 0.262 e. The number of benzene rings is 2. The molecule has 0 aromatic heterocycles. The van der Waals surface area contributed by atoms with Crippen LogP contribution in [0, 0.1) is 6.92 Å². The average molecular weight is 331 g/mol. The van der Waals surface area contributed by atoms with Crippen molar-refractivity contribution in [3.63, 3.8) is 0 Å². The van der Waals surface area contributed by atoms with Gasteiger partial charge in [0.1, 0.15) is 0 Å². The van der Waals surface area contributed by atoms with Crippen LogP contribution in [-0.2, 0) is 10.0 Å². The molecule has 0 aliphatic carbocycles. The fourth-order valence-corrected chi connectivity index (χ4v) is 3.40. The lowest BCUT2D eigenvalue weighted by atomic mass is 10.2. The normalized spacial score (nSPS) is 11.3. The quantitative estimate of drug-likeness (QED) is 0.843. The molecule has 0 amide bonds. The molecule has 20 heavy (non-hydrogen) atoms. The molecule has 0 saturated carbocycles. The number of nitrogens with one attached hydrogen (secondary N) is 1. The largest absolute Gasteiger partial charge is 0.398 e. The first-order valence-corrected chi connectivity index (χ1v) is 7.87. The maximum absolute atomic E-state index is 12.3. The second-order valence-corrected chi connectivity index (χ2v) is 6.75. The van der Waals surface area contributed by atoms with Crippen LogP contribution >= 0.6 is 23.2 Å². The van der Waals surface area contributed by atoms with Crippen molar-refractivity contribution in [2.45, 2.75) is 11.8 Å². The van der Waals surface area contributed by atoms with Crippen LogP contribution in [0.15, 0.2) is 41.3 Å². The molecular formula is C13H12Cl2N2O2S. The van der Waals surface area contributed by atoms with E-state index in [1.54, 1.807) is 19.1 Å². The van der Waals surface area contributed by atoms with Gasteiger partial charge in [-0.2, -0.15) is 0 Å². The van der Waals surface area contributed by atoms with Crippen LogP contribution in [0.1, 0.15) is 5.56 Å². The van der Waals surface area contributed by atoms with Gasteiger partial charge < -0.3 is 5.73 Å². The first-order valence-electron chi connectivity index (χ1n) is 5.63. The second-order valence-electron chi connectivity index (χ2n) is 4.25. The zero-order chi connectivity index (χ0) is 14.9. The minimum Gasteiger partial charge on any atom is -0.398 e. The number of halogens is 2. The molecular weight excluding hydrogens is 319 g/mol. The van der Waals surface area contributed by atoms with Gasteiger partial charge in [0.05, 0.1) is 21.3 Å². The number of anilines is 2. The molecule has 0 aliphatic rings. The minimum absolute atomic E-state index is 0.162. The van der Waals surface area contributed by atoms with E-state index in [2.05, 4.69) is 4.72 Å². The molecule has 3 N–H and O–H groups in total. The van der Waals surface area contributed by atoms with Gasteiger partial charge in [-0.1, -0.05) is 23.2 Å². The third-order valence-electron chi connectivity index (χ3n) is 2.68. The van der Waals surface area contributed by atoms with E-state index in [0.717, 1.165) is 0 Å². The van der Waals surface area contributed by atoms with Crippen LogP contribution < -0.4 is 10.5 Å². The van der Waals surface area contributed by atoms with Crippen LogP contribution in [-0.4, -0.2) is 8.42 Å². The molecule has 4 nitrogen and oxygen atoms in total. The number of hydrogen-bond donors (Lipinski definition) is 2. The van der Waals surface area contributed by atoms with E-state index in [1.165, 1.54) is 24.3 Å². The lowest BCUT2D eigenvalue weighted by Gasteiger charge is -2.11. The van der Waals surface area contributed by atoms with Crippen LogP contribution in [0.5, 0.6) is 0 Å². The summed E-state index contributed by atoms with van der Waals surface area (Å²) in [6, 6.07) is 9.11. The number of aryl methyl sites for hydroxylation is 1. The van der Waals surface area contributed by atoms with Crippen molar-refractivity contribution in [3.05, 3.63) is 52.0 Å². The summed E-state index contributed by atoms with van der Waals surface area (Å²) in [5, 5.41) is 0.773. The van der Waals surface area contributed by atoms with Crippen molar-refractivity contribution in [3.8, 4) is 0 Å². The topological polar surface area (TPSA) is 72.2 Å². The maximum Gasteiger partial charge on any atom is 0.262 e. The Kier molecular flexibility index (Phi) is 4.13. The van der Waals surface area contributed by atoms with Gasteiger partial charge >= 0.3 is 0 Å². The number of hydrogen-bond acceptors (Lipinski definition) is 3. The van der Waals surface area contributed by atoms with Crippen molar-refractivity contribution in [2.24, 2.45) is 0 Å². The summed E-state index contributed by atoms with van der Waals surface area (Å²) in [6.07, 6.45) is 0. The Morgan fingerprint density at radius 2 is 1.80 bits per heavy atom. The number of nitrogen functional groups attached to an aromatic ring is 1. The SMILES string of the molecule is Cc1cc(Cl)ccc1S(=O)(=O)Nc1ccc(N)c(Cl)c1. The highest BCUT2D eigenvalue weighted by Gasteiger charge is 2.17. The number of nitrogens with two attached hydrogens (primary N) is 1. The highest BCUT2D eigenvalue weighted by atomic mass is 35.5. The van der Waals surface area contributed by atoms with Crippen LogP contribution in [0.4, 0.5) is 11.4 Å². The molecule has 2 rings (SSSR count). The van der Waals surface area contributed by atoms with E-state index in [4.69, 9.17) is 28.9 Å². The molecule has 0 bridgehead atoms.